The van der Waals surface area contributed by atoms with Gasteiger partial charge in [-0.15, -0.1) is 0 Å². The van der Waals surface area contributed by atoms with Crippen LogP contribution >= 0.6 is 0 Å². The molecule has 0 spiro atoms. The summed E-state index contributed by atoms with van der Waals surface area (Å²) < 4.78 is 0. The summed E-state index contributed by atoms with van der Waals surface area (Å²) in [6.07, 6.45) is 11.6. The lowest BCUT2D eigenvalue weighted by Crippen LogP contribution is -2.53. The number of nitrogens with zero attached hydrogens (tertiary/aromatic N) is 1. The molecule has 6 rings (SSSR count). The van der Waals surface area contributed by atoms with E-state index in [4.69, 9.17) is 5.73 Å². The van der Waals surface area contributed by atoms with E-state index in [1.165, 1.54) is 50.5 Å². The van der Waals surface area contributed by atoms with Crippen LogP contribution in [0.25, 0.3) is 0 Å². The second-order valence-corrected chi connectivity index (χ2v) is 11.9. The number of fused-ring (bicyclic) bond motifs is 6. The molecule has 0 amide bonds. The standard InChI is InChI=1S/C27H38N2O/c1-26-11-9-19(30)14-18(26)4-6-21-23-8-7-22(27(23,2)12-10-24(21)26)16-3-5-20-17(13-16)15-29-25(20)28/h3,5,13,18-19,21-24,30H,4,6-12,14-15H2,1-2H3,(H2,28,29)/t18-,19-,21-,22+,23-,24-,26-,27+/m0/s1. The molecular formula is C27H38N2O. The van der Waals surface area contributed by atoms with E-state index in [1.807, 2.05) is 0 Å². The number of aliphatic hydroxyl groups is 1. The van der Waals surface area contributed by atoms with Gasteiger partial charge in [-0.05, 0) is 109 Å². The molecule has 4 saturated carbocycles. The second kappa shape index (κ2) is 6.58. The molecule has 5 aliphatic rings. The van der Waals surface area contributed by atoms with Crippen LogP contribution in [0.4, 0.5) is 0 Å². The molecular weight excluding hydrogens is 368 g/mol. The third-order valence-electron chi connectivity index (χ3n) is 10.9. The van der Waals surface area contributed by atoms with Gasteiger partial charge >= 0.3 is 0 Å². The second-order valence-electron chi connectivity index (χ2n) is 11.9. The first-order valence-corrected chi connectivity index (χ1v) is 12.5. The molecule has 1 aromatic rings. The lowest BCUT2D eigenvalue weighted by atomic mass is 9.44. The molecule has 0 radical (unpaired) electrons. The quantitative estimate of drug-likeness (QED) is 0.657. The zero-order chi connectivity index (χ0) is 20.7. The highest BCUT2D eigenvalue weighted by atomic mass is 16.3. The number of rotatable bonds is 1. The van der Waals surface area contributed by atoms with Crippen LogP contribution in [-0.2, 0) is 6.54 Å². The zero-order valence-electron chi connectivity index (χ0n) is 18.7. The van der Waals surface area contributed by atoms with Crippen LogP contribution in [0.3, 0.4) is 0 Å². The maximum absolute atomic E-state index is 10.3. The number of benzene rings is 1. The fourth-order valence-electron chi connectivity index (χ4n) is 9.25. The fraction of sp³-hybridized carbons (Fsp3) is 0.741. The molecule has 4 fully saturated rings. The first-order valence-electron chi connectivity index (χ1n) is 12.5. The summed E-state index contributed by atoms with van der Waals surface area (Å²) in [5, 5.41) is 10.3. The van der Waals surface area contributed by atoms with Gasteiger partial charge in [-0.2, -0.15) is 0 Å². The number of nitrogens with two attached hydrogens (primary N) is 1. The van der Waals surface area contributed by atoms with Crippen LogP contribution in [0.15, 0.2) is 23.2 Å². The molecule has 30 heavy (non-hydrogen) atoms. The first kappa shape index (κ1) is 19.3. The van der Waals surface area contributed by atoms with Gasteiger partial charge in [-0.25, -0.2) is 0 Å². The number of amidine groups is 1. The molecule has 3 nitrogen and oxygen atoms in total. The Morgan fingerprint density at radius 1 is 0.967 bits per heavy atom. The van der Waals surface area contributed by atoms with Crippen LogP contribution in [-0.4, -0.2) is 17.0 Å². The summed E-state index contributed by atoms with van der Waals surface area (Å²) in [4.78, 5) is 4.45. The minimum absolute atomic E-state index is 0.0397. The van der Waals surface area contributed by atoms with Gasteiger partial charge in [0.1, 0.15) is 5.84 Å². The van der Waals surface area contributed by atoms with Crippen molar-refractivity contribution in [3.63, 3.8) is 0 Å². The van der Waals surface area contributed by atoms with Crippen LogP contribution in [0.2, 0.25) is 0 Å². The summed E-state index contributed by atoms with van der Waals surface area (Å²) in [5.41, 5.74) is 11.0. The topological polar surface area (TPSA) is 58.6 Å². The maximum atomic E-state index is 10.3. The molecule has 8 atom stereocenters. The number of aliphatic imine (C=N–C) groups is 1. The van der Waals surface area contributed by atoms with Crippen molar-refractivity contribution in [3.8, 4) is 0 Å². The van der Waals surface area contributed by atoms with E-state index in [-0.39, 0.29) is 6.10 Å². The summed E-state index contributed by atoms with van der Waals surface area (Å²) >= 11 is 0. The molecule has 0 bridgehead atoms. The minimum Gasteiger partial charge on any atom is -0.393 e. The molecule has 0 saturated heterocycles. The molecule has 0 unspecified atom stereocenters. The van der Waals surface area contributed by atoms with Gasteiger partial charge in [0, 0.05) is 5.56 Å². The Morgan fingerprint density at radius 3 is 2.63 bits per heavy atom. The van der Waals surface area contributed by atoms with E-state index >= 15 is 0 Å². The fourth-order valence-corrected chi connectivity index (χ4v) is 9.25. The van der Waals surface area contributed by atoms with E-state index in [2.05, 4.69) is 37.0 Å². The predicted molar refractivity (Wildman–Crippen MR) is 121 cm³/mol. The van der Waals surface area contributed by atoms with Crippen molar-refractivity contribution in [3.05, 3.63) is 34.9 Å². The highest BCUT2D eigenvalue weighted by Crippen LogP contribution is 2.69. The number of aliphatic hydroxyl groups excluding tert-OH is 1. The van der Waals surface area contributed by atoms with E-state index in [0.29, 0.717) is 16.7 Å². The Bertz CT molecular complexity index is 893. The Balaban J connectivity index is 1.28. The lowest BCUT2D eigenvalue weighted by molar-refractivity contribution is -0.122. The first-order chi connectivity index (χ1) is 14.4. The average molecular weight is 407 g/mol. The molecule has 1 aromatic carbocycles. The highest BCUT2D eigenvalue weighted by Gasteiger charge is 2.60. The Labute approximate surface area is 181 Å². The van der Waals surface area contributed by atoms with Crippen molar-refractivity contribution >= 4 is 5.84 Å². The third kappa shape index (κ3) is 2.57. The van der Waals surface area contributed by atoms with Crippen LogP contribution < -0.4 is 5.73 Å². The van der Waals surface area contributed by atoms with E-state index in [0.717, 1.165) is 54.5 Å². The van der Waals surface area contributed by atoms with Crippen LogP contribution in [0.1, 0.15) is 94.2 Å². The van der Waals surface area contributed by atoms with Crippen molar-refractivity contribution in [2.24, 2.45) is 45.2 Å². The molecule has 1 aliphatic heterocycles. The minimum atomic E-state index is -0.0397. The van der Waals surface area contributed by atoms with Crippen LogP contribution in [0.5, 0.6) is 0 Å². The Morgan fingerprint density at radius 2 is 1.77 bits per heavy atom. The third-order valence-corrected chi connectivity index (χ3v) is 10.9. The highest BCUT2D eigenvalue weighted by molar-refractivity contribution is 6.00. The molecule has 162 valence electrons. The number of hydrogen-bond donors (Lipinski definition) is 2. The van der Waals surface area contributed by atoms with Gasteiger partial charge in [0.05, 0.1) is 12.6 Å². The summed E-state index contributed by atoms with van der Waals surface area (Å²) in [6.45, 7) is 5.99. The number of hydrogen-bond acceptors (Lipinski definition) is 3. The largest absolute Gasteiger partial charge is 0.393 e. The van der Waals surface area contributed by atoms with Crippen LogP contribution in [0, 0.1) is 34.5 Å². The summed E-state index contributed by atoms with van der Waals surface area (Å²) in [6, 6.07) is 7.03. The molecule has 4 aliphatic carbocycles. The van der Waals surface area contributed by atoms with Crippen molar-refractivity contribution in [1.29, 1.82) is 0 Å². The normalized spacial score (nSPS) is 47.1. The van der Waals surface area contributed by atoms with Crippen molar-refractivity contribution in [1.82, 2.24) is 0 Å². The smallest absolute Gasteiger partial charge is 0.126 e. The van der Waals surface area contributed by atoms with Gasteiger partial charge in [0.25, 0.3) is 0 Å². The van der Waals surface area contributed by atoms with E-state index in [1.54, 1.807) is 5.56 Å². The van der Waals surface area contributed by atoms with Gasteiger partial charge in [-0.1, -0.05) is 32.0 Å². The molecule has 1 heterocycles. The Hall–Kier alpha value is -1.35. The van der Waals surface area contributed by atoms with Crippen molar-refractivity contribution in [2.45, 2.75) is 90.2 Å². The average Bonchev–Trinajstić information content (AvgIpc) is 3.28. The Kier molecular flexibility index (Phi) is 4.24. The van der Waals surface area contributed by atoms with E-state index in [9.17, 15) is 5.11 Å². The van der Waals surface area contributed by atoms with Gasteiger partial charge in [0.15, 0.2) is 0 Å². The molecule has 3 heteroatoms. The van der Waals surface area contributed by atoms with Gasteiger partial charge in [-0.3, -0.25) is 4.99 Å². The van der Waals surface area contributed by atoms with E-state index < -0.39 is 0 Å². The van der Waals surface area contributed by atoms with Gasteiger partial charge in [0.2, 0.25) is 0 Å². The SMILES string of the molecule is C[C@]12CC[C@H](O)C[C@@H]1CC[C@@H]1[C@@H]2CC[C@]2(C)[C@@H](c3ccc4c(c3)CN=C4N)CC[C@@H]12. The maximum Gasteiger partial charge on any atom is 0.126 e. The van der Waals surface area contributed by atoms with Crippen molar-refractivity contribution in [2.75, 3.05) is 0 Å². The molecule has 0 aromatic heterocycles. The lowest BCUT2D eigenvalue weighted by Gasteiger charge is -2.61. The van der Waals surface area contributed by atoms with Crippen molar-refractivity contribution < 1.29 is 5.11 Å². The summed E-state index contributed by atoms with van der Waals surface area (Å²) in [5.74, 6) is 4.82. The zero-order valence-corrected chi connectivity index (χ0v) is 18.7. The molecule has 3 N–H and O–H groups in total. The summed E-state index contributed by atoms with van der Waals surface area (Å²) in [7, 11) is 0. The monoisotopic (exact) mass is 406 g/mol. The van der Waals surface area contributed by atoms with Gasteiger partial charge < -0.3 is 10.8 Å². The predicted octanol–water partition coefficient (Wildman–Crippen LogP) is 5.39.